The predicted octanol–water partition coefficient (Wildman–Crippen LogP) is 2.74. The van der Waals surface area contributed by atoms with Gasteiger partial charge in [0, 0.05) is 0 Å². The smallest absolute Gasteiger partial charge is 0.362 e. The number of methoxy groups -OCH3 is 1. The van der Waals surface area contributed by atoms with Gasteiger partial charge in [0.1, 0.15) is 12.0 Å². The second-order valence-electron chi connectivity index (χ2n) is 3.13. The van der Waals surface area contributed by atoms with Gasteiger partial charge in [-0.15, -0.1) is 5.11 Å². The van der Waals surface area contributed by atoms with Crippen LogP contribution in [0.5, 0.6) is 5.75 Å². The minimum atomic E-state index is -0.725. The molecule has 96 valence electrons. The number of rotatable bonds is 5. The molecule has 0 aromatic heterocycles. The number of azo groups is 1. The second-order valence-corrected chi connectivity index (χ2v) is 3.13. The van der Waals surface area contributed by atoms with Gasteiger partial charge >= 0.3 is 5.97 Å². The van der Waals surface area contributed by atoms with Crippen LogP contribution in [0.25, 0.3) is 0 Å². The van der Waals surface area contributed by atoms with Crippen LogP contribution in [-0.2, 0) is 9.53 Å². The highest BCUT2D eigenvalue weighted by Crippen LogP contribution is 2.18. The lowest BCUT2D eigenvalue weighted by atomic mass is 10.3. The Hall–Kier alpha value is -2.37. The maximum Gasteiger partial charge on any atom is 0.362 e. The van der Waals surface area contributed by atoms with Crippen molar-refractivity contribution in [1.29, 1.82) is 0 Å². The van der Waals surface area contributed by atoms with Crippen molar-refractivity contribution >= 4 is 11.7 Å². The van der Waals surface area contributed by atoms with Gasteiger partial charge in [-0.1, -0.05) is 0 Å². The van der Waals surface area contributed by atoms with Gasteiger partial charge in [0.2, 0.25) is 5.70 Å². The van der Waals surface area contributed by atoms with E-state index in [2.05, 4.69) is 15.0 Å². The van der Waals surface area contributed by atoms with Gasteiger partial charge in [-0.05, 0) is 31.2 Å². The SMILES string of the molecule is CCOC(=O)C(=CO)N=Nc1ccc(OC)cc1. The molecule has 6 heteroatoms. The lowest BCUT2D eigenvalue weighted by molar-refractivity contribution is -0.138. The fourth-order valence-electron chi connectivity index (χ4n) is 1.08. The molecule has 1 aromatic carbocycles. The summed E-state index contributed by atoms with van der Waals surface area (Å²) in [5.74, 6) is -0.0328. The Morgan fingerprint density at radius 3 is 2.56 bits per heavy atom. The van der Waals surface area contributed by atoms with E-state index >= 15 is 0 Å². The number of ether oxygens (including phenoxy) is 2. The van der Waals surface area contributed by atoms with Gasteiger partial charge in [-0.25, -0.2) is 4.79 Å². The van der Waals surface area contributed by atoms with E-state index in [4.69, 9.17) is 9.84 Å². The van der Waals surface area contributed by atoms with E-state index in [-0.39, 0.29) is 12.3 Å². The Labute approximate surface area is 105 Å². The van der Waals surface area contributed by atoms with E-state index in [0.29, 0.717) is 17.7 Å². The van der Waals surface area contributed by atoms with Crippen molar-refractivity contribution < 1.29 is 19.4 Å². The van der Waals surface area contributed by atoms with Gasteiger partial charge in [-0.3, -0.25) is 0 Å². The van der Waals surface area contributed by atoms with Crippen molar-refractivity contribution in [1.82, 2.24) is 0 Å². The zero-order valence-electron chi connectivity index (χ0n) is 10.2. The second kappa shape index (κ2) is 7.05. The van der Waals surface area contributed by atoms with Crippen molar-refractivity contribution in [2.24, 2.45) is 10.2 Å². The summed E-state index contributed by atoms with van der Waals surface area (Å²) < 4.78 is 9.67. The lowest BCUT2D eigenvalue weighted by Crippen LogP contribution is -2.05. The number of carbonyl (C=O) groups excluding carboxylic acids is 1. The summed E-state index contributed by atoms with van der Waals surface area (Å²) >= 11 is 0. The first-order chi connectivity index (χ1) is 8.71. The highest BCUT2D eigenvalue weighted by Gasteiger charge is 2.09. The van der Waals surface area contributed by atoms with Gasteiger partial charge in [0.15, 0.2) is 0 Å². The molecule has 0 amide bonds. The van der Waals surface area contributed by atoms with Crippen LogP contribution in [0, 0.1) is 0 Å². The molecule has 1 aromatic rings. The van der Waals surface area contributed by atoms with Gasteiger partial charge < -0.3 is 14.6 Å². The fourth-order valence-corrected chi connectivity index (χ4v) is 1.08. The zero-order valence-corrected chi connectivity index (χ0v) is 10.2. The summed E-state index contributed by atoms with van der Waals surface area (Å²) in [7, 11) is 1.56. The number of esters is 1. The van der Waals surface area contributed by atoms with E-state index in [1.54, 1.807) is 38.3 Å². The number of aliphatic hydroxyl groups excluding tert-OH is 1. The van der Waals surface area contributed by atoms with E-state index in [9.17, 15) is 4.79 Å². The van der Waals surface area contributed by atoms with E-state index in [1.807, 2.05) is 0 Å². The third kappa shape index (κ3) is 3.89. The molecule has 0 atom stereocenters. The minimum absolute atomic E-state index is 0.203. The first kappa shape index (κ1) is 13.7. The van der Waals surface area contributed by atoms with Crippen LogP contribution in [-0.4, -0.2) is 24.8 Å². The van der Waals surface area contributed by atoms with Crippen molar-refractivity contribution in [3.05, 3.63) is 36.2 Å². The molecule has 0 saturated heterocycles. The summed E-state index contributed by atoms with van der Waals surface area (Å²) in [5, 5.41) is 16.3. The van der Waals surface area contributed by atoms with Crippen LogP contribution < -0.4 is 4.74 Å². The molecule has 1 rings (SSSR count). The summed E-state index contributed by atoms with van der Waals surface area (Å²) in [4.78, 5) is 11.3. The first-order valence-electron chi connectivity index (χ1n) is 5.28. The Kier molecular flexibility index (Phi) is 5.37. The van der Waals surface area contributed by atoms with E-state index in [0.717, 1.165) is 0 Å². The number of aliphatic hydroxyl groups is 1. The van der Waals surface area contributed by atoms with Crippen LogP contribution in [0.2, 0.25) is 0 Å². The molecular weight excluding hydrogens is 236 g/mol. The van der Waals surface area contributed by atoms with Crippen molar-refractivity contribution in [3.63, 3.8) is 0 Å². The molecule has 0 fully saturated rings. The molecule has 0 aliphatic heterocycles. The van der Waals surface area contributed by atoms with Crippen molar-refractivity contribution in [2.75, 3.05) is 13.7 Å². The topological polar surface area (TPSA) is 80.5 Å². The Balaban J connectivity index is 2.74. The molecule has 0 spiro atoms. The summed E-state index contributed by atoms with van der Waals surface area (Å²) in [6.07, 6.45) is 0.561. The quantitative estimate of drug-likeness (QED) is 0.377. The predicted molar refractivity (Wildman–Crippen MR) is 64.9 cm³/mol. The van der Waals surface area contributed by atoms with E-state index < -0.39 is 5.97 Å². The maximum absolute atomic E-state index is 11.3. The van der Waals surface area contributed by atoms with Crippen molar-refractivity contribution in [3.8, 4) is 5.75 Å². The molecule has 6 nitrogen and oxygen atoms in total. The highest BCUT2D eigenvalue weighted by atomic mass is 16.5. The van der Waals surface area contributed by atoms with Gasteiger partial charge in [-0.2, -0.15) is 5.11 Å². The monoisotopic (exact) mass is 250 g/mol. The molecule has 18 heavy (non-hydrogen) atoms. The fraction of sp³-hybridized carbons (Fsp3) is 0.250. The van der Waals surface area contributed by atoms with E-state index in [1.165, 1.54) is 0 Å². The average molecular weight is 250 g/mol. The lowest BCUT2D eigenvalue weighted by Gasteiger charge is -2.00. The van der Waals surface area contributed by atoms with Gasteiger partial charge in [0.05, 0.1) is 19.4 Å². The molecule has 0 radical (unpaired) electrons. The van der Waals surface area contributed by atoms with Crippen LogP contribution >= 0.6 is 0 Å². The molecule has 0 unspecified atom stereocenters. The molecule has 0 bridgehead atoms. The third-order valence-electron chi connectivity index (χ3n) is 1.95. The summed E-state index contributed by atoms with van der Waals surface area (Å²) in [6.45, 7) is 1.86. The van der Waals surface area contributed by atoms with Crippen LogP contribution in [0.4, 0.5) is 5.69 Å². The van der Waals surface area contributed by atoms with Crippen LogP contribution in [0.3, 0.4) is 0 Å². The summed E-state index contributed by atoms with van der Waals surface area (Å²) in [6, 6.07) is 6.76. The Morgan fingerprint density at radius 2 is 2.06 bits per heavy atom. The van der Waals surface area contributed by atoms with Crippen LogP contribution in [0.1, 0.15) is 6.92 Å². The summed E-state index contributed by atoms with van der Waals surface area (Å²) in [5.41, 5.74) is 0.270. The number of carbonyl (C=O) groups is 1. The average Bonchev–Trinajstić information content (AvgIpc) is 2.40. The normalized spacial score (nSPS) is 11.6. The maximum atomic E-state index is 11.3. The molecule has 0 saturated carbocycles. The number of benzene rings is 1. The first-order valence-corrected chi connectivity index (χ1v) is 5.28. The molecular formula is C12H14N2O4. The standard InChI is InChI=1S/C12H14N2O4/c1-3-18-12(16)11(8-15)14-13-9-4-6-10(17-2)7-5-9/h4-8,15H,3H2,1-2H3. The van der Waals surface area contributed by atoms with Crippen LogP contribution in [0.15, 0.2) is 46.5 Å². The molecule has 0 aliphatic carbocycles. The zero-order chi connectivity index (χ0) is 13.4. The Morgan fingerprint density at radius 1 is 1.39 bits per heavy atom. The number of hydrogen-bond acceptors (Lipinski definition) is 6. The molecule has 0 heterocycles. The third-order valence-corrected chi connectivity index (χ3v) is 1.95. The molecule has 0 aliphatic rings. The largest absolute Gasteiger partial charge is 0.513 e. The number of hydrogen-bond donors (Lipinski definition) is 1. The van der Waals surface area contributed by atoms with Gasteiger partial charge in [0.25, 0.3) is 0 Å². The van der Waals surface area contributed by atoms with Crippen molar-refractivity contribution in [2.45, 2.75) is 6.92 Å². The number of nitrogens with zero attached hydrogens (tertiary/aromatic N) is 2. The molecule has 1 N–H and O–H groups in total. The minimum Gasteiger partial charge on any atom is -0.513 e. The highest BCUT2D eigenvalue weighted by molar-refractivity contribution is 5.87. The Bertz CT molecular complexity index is 452.